The molecule has 0 unspecified atom stereocenters. The van der Waals surface area contributed by atoms with Crippen LogP contribution in [0.5, 0.6) is 5.75 Å². The summed E-state index contributed by atoms with van der Waals surface area (Å²) in [5.41, 5.74) is 4.92. The highest BCUT2D eigenvalue weighted by atomic mass is 16.3. The second-order valence-corrected chi connectivity index (χ2v) is 17.3. The zero-order valence-corrected chi connectivity index (χ0v) is 33.1. The summed E-state index contributed by atoms with van der Waals surface area (Å²) in [5, 5.41) is 21.1. The lowest BCUT2D eigenvalue weighted by molar-refractivity contribution is -0.166. The van der Waals surface area contributed by atoms with E-state index in [1.54, 1.807) is 18.3 Å². The largest absolute Gasteiger partial charge is 0.507 e. The van der Waals surface area contributed by atoms with Crippen LogP contribution in [0.3, 0.4) is 0 Å². The van der Waals surface area contributed by atoms with Crippen molar-refractivity contribution in [3.05, 3.63) is 103 Å². The lowest BCUT2D eigenvalue weighted by atomic mass is 9.67. The molecule has 5 aliphatic heterocycles. The fraction of sp³-hybridized carbons (Fsp3) is 0.457. The Morgan fingerprint density at radius 1 is 0.754 bits per heavy atom. The third-order valence-corrected chi connectivity index (χ3v) is 13.2. The van der Waals surface area contributed by atoms with Crippen LogP contribution in [0.1, 0.15) is 63.9 Å². The van der Waals surface area contributed by atoms with Crippen LogP contribution in [0.4, 0.5) is 11.4 Å². The van der Waals surface area contributed by atoms with Crippen molar-refractivity contribution < 1.29 is 19.5 Å². The van der Waals surface area contributed by atoms with Crippen LogP contribution in [0.2, 0.25) is 0 Å². The van der Waals surface area contributed by atoms with E-state index in [-0.39, 0.29) is 23.0 Å². The van der Waals surface area contributed by atoms with Crippen LogP contribution >= 0.6 is 0 Å². The second-order valence-electron chi connectivity index (χ2n) is 17.3. The first-order valence-corrected chi connectivity index (χ1v) is 20.7. The number of rotatable bonds is 8. The summed E-state index contributed by atoms with van der Waals surface area (Å²) >= 11 is 0. The molecule has 11 heteroatoms. The maximum absolute atomic E-state index is 14.5. The molecule has 2 N–H and O–H groups in total. The molecule has 0 aliphatic carbocycles. The van der Waals surface area contributed by atoms with Crippen molar-refractivity contribution in [1.29, 1.82) is 0 Å². The summed E-state index contributed by atoms with van der Waals surface area (Å²) in [6, 6.07) is 30.5. The lowest BCUT2D eigenvalue weighted by Gasteiger charge is -2.62. The third kappa shape index (κ3) is 8.40. The minimum atomic E-state index is -0.521. The van der Waals surface area contributed by atoms with E-state index in [0.29, 0.717) is 41.8 Å². The first kappa shape index (κ1) is 38.6. The number of likely N-dealkylation sites (tertiary alicyclic amines) is 2. The van der Waals surface area contributed by atoms with Crippen molar-refractivity contribution in [2.75, 3.05) is 68.7 Å². The number of imide groups is 1. The standard InChI is InChI=1S/C41H48N6O2.C5H7NO2/c1-39(17-22-45(23-18-39)33-12-6-3-7-13-33)16-21-44-28-40(29-44)30-47(31-40)38(49)41(32-10-4-2-5-11-32)19-24-46(25-20-41)34-26-36(43-42-27-34)35-14-8-9-15-37(35)48;7-4-2-1-3-5(8)6-4/h2-15,26-27,48H,16-25,28-31H2,1H3;1-3H2,(H,6,7,8). The van der Waals surface area contributed by atoms with Crippen molar-refractivity contribution in [2.24, 2.45) is 10.8 Å². The normalized spacial score (nSPS) is 21.1. The average Bonchev–Trinajstić information content (AvgIpc) is 3.21. The summed E-state index contributed by atoms with van der Waals surface area (Å²) in [6.45, 7) is 11.4. The zero-order valence-electron chi connectivity index (χ0n) is 33.1. The van der Waals surface area contributed by atoms with Crippen LogP contribution in [0.25, 0.3) is 11.3 Å². The number of carbonyl (C=O) groups is 3. The highest BCUT2D eigenvalue weighted by Gasteiger charge is 2.56. The second kappa shape index (κ2) is 16.3. The van der Waals surface area contributed by atoms with Gasteiger partial charge in [0.05, 0.1) is 23.0 Å². The monoisotopic (exact) mass is 769 g/mol. The number of anilines is 2. The van der Waals surface area contributed by atoms with Crippen LogP contribution in [-0.4, -0.2) is 102 Å². The molecule has 3 amide bonds. The zero-order chi connectivity index (χ0) is 39.5. The molecule has 0 bridgehead atoms. The van der Waals surface area contributed by atoms with E-state index >= 15 is 0 Å². The Bertz CT molecular complexity index is 2020. The fourth-order valence-electron chi connectivity index (χ4n) is 9.66. The SMILES string of the molecule is CC1(CCN2CC3(C2)CN(C(=O)C2(c4ccccc4)CCN(c4cnnc(-c5ccccc5O)c4)CC2)C3)CCN(c2ccccc2)CC1.O=C1CCCC(=O)N1. The van der Waals surface area contributed by atoms with Gasteiger partial charge in [-0.05, 0) is 86.4 Å². The molecule has 5 aliphatic rings. The summed E-state index contributed by atoms with van der Waals surface area (Å²) in [5.74, 6) is 0.211. The van der Waals surface area contributed by atoms with E-state index < -0.39 is 5.41 Å². The number of aromatic nitrogens is 2. The van der Waals surface area contributed by atoms with E-state index in [1.165, 1.54) is 24.9 Å². The van der Waals surface area contributed by atoms with Gasteiger partial charge in [-0.25, -0.2) is 0 Å². The number of hydrogen-bond acceptors (Lipinski definition) is 9. The number of nitrogens with zero attached hydrogens (tertiary/aromatic N) is 6. The Kier molecular flexibility index (Phi) is 11.0. The maximum Gasteiger partial charge on any atom is 0.233 e. The molecular formula is C46H55N7O4. The minimum Gasteiger partial charge on any atom is -0.507 e. The number of amides is 3. The number of phenolic OH excluding ortho intramolecular Hbond substituents is 1. The van der Waals surface area contributed by atoms with Crippen LogP contribution < -0.4 is 15.1 Å². The summed E-state index contributed by atoms with van der Waals surface area (Å²) in [7, 11) is 0. The average molecular weight is 770 g/mol. The molecule has 1 spiro atoms. The molecule has 11 nitrogen and oxygen atoms in total. The molecule has 9 rings (SSSR count). The van der Waals surface area contributed by atoms with Gasteiger partial charge < -0.3 is 24.7 Å². The van der Waals surface area contributed by atoms with Gasteiger partial charge in [0, 0.05) is 81.9 Å². The maximum atomic E-state index is 14.5. The number of phenols is 1. The van der Waals surface area contributed by atoms with Gasteiger partial charge in [-0.2, -0.15) is 10.2 Å². The van der Waals surface area contributed by atoms with Crippen LogP contribution in [0, 0.1) is 10.8 Å². The molecule has 0 atom stereocenters. The molecular weight excluding hydrogens is 715 g/mol. The third-order valence-electron chi connectivity index (χ3n) is 13.2. The van der Waals surface area contributed by atoms with Crippen LogP contribution in [0.15, 0.2) is 97.2 Å². The highest BCUT2D eigenvalue weighted by molar-refractivity contribution is 5.97. The number of nitrogens with one attached hydrogen (secondary N) is 1. The van der Waals surface area contributed by atoms with E-state index in [1.807, 2.05) is 24.3 Å². The predicted molar refractivity (Wildman–Crippen MR) is 222 cm³/mol. The highest BCUT2D eigenvalue weighted by Crippen LogP contribution is 2.46. The predicted octanol–water partition coefficient (Wildman–Crippen LogP) is 6.04. The van der Waals surface area contributed by atoms with Gasteiger partial charge >= 0.3 is 0 Å². The Labute approximate surface area is 336 Å². The molecule has 5 saturated heterocycles. The van der Waals surface area contributed by atoms with Gasteiger partial charge in [-0.15, -0.1) is 0 Å². The van der Waals surface area contributed by atoms with Crippen molar-refractivity contribution in [3.63, 3.8) is 0 Å². The van der Waals surface area contributed by atoms with Gasteiger partial charge in [-0.3, -0.25) is 19.7 Å². The lowest BCUT2D eigenvalue weighted by Crippen LogP contribution is -2.74. The van der Waals surface area contributed by atoms with Crippen molar-refractivity contribution in [2.45, 2.75) is 63.7 Å². The Hall–Kier alpha value is -5.29. The molecule has 6 heterocycles. The van der Waals surface area contributed by atoms with Gasteiger partial charge in [0.15, 0.2) is 0 Å². The van der Waals surface area contributed by atoms with Crippen LogP contribution in [-0.2, 0) is 19.8 Å². The van der Waals surface area contributed by atoms with Gasteiger partial charge in [0.2, 0.25) is 17.7 Å². The van der Waals surface area contributed by atoms with Gasteiger partial charge in [0.25, 0.3) is 0 Å². The van der Waals surface area contributed by atoms with E-state index in [2.05, 4.69) is 96.6 Å². The fourth-order valence-corrected chi connectivity index (χ4v) is 9.66. The molecule has 5 fully saturated rings. The van der Waals surface area contributed by atoms with Gasteiger partial charge in [-0.1, -0.05) is 67.6 Å². The topological polar surface area (TPSA) is 122 Å². The van der Waals surface area contributed by atoms with Crippen molar-refractivity contribution >= 4 is 29.1 Å². The summed E-state index contributed by atoms with van der Waals surface area (Å²) in [6.07, 6.45) is 8.76. The summed E-state index contributed by atoms with van der Waals surface area (Å²) < 4.78 is 0. The van der Waals surface area contributed by atoms with E-state index in [0.717, 1.165) is 83.0 Å². The first-order valence-electron chi connectivity index (χ1n) is 20.7. The first-order chi connectivity index (χ1) is 27.6. The number of benzene rings is 3. The quantitative estimate of drug-likeness (QED) is 0.207. The smallest absolute Gasteiger partial charge is 0.233 e. The number of carbonyl (C=O) groups excluding carboxylic acids is 3. The molecule has 0 saturated carbocycles. The van der Waals surface area contributed by atoms with E-state index in [9.17, 15) is 19.5 Å². The van der Waals surface area contributed by atoms with Crippen molar-refractivity contribution in [3.8, 4) is 17.0 Å². The Morgan fingerprint density at radius 2 is 1.35 bits per heavy atom. The Balaban J connectivity index is 0.000000509. The molecule has 3 aromatic carbocycles. The molecule has 1 aromatic heterocycles. The summed E-state index contributed by atoms with van der Waals surface area (Å²) in [4.78, 5) is 44.8. The van der Waals surface area contributed by atoms with Crippen molar-refractivity contribution in [1.82, 2.24) is 25.3 Å². The van der Waals surface area contributed by atoms with Gasteiger partial charge in [0.1, 0.15) is 5.75 Å². The number of para-hydroxylation sites is 2. The molecule has 298 valence electrons. The molecule has 0 radical (unpaired) electrons. The number of hydrogen-bond donors (Lipinski definition) is 2. The number of piperidine rings is 3. The van der Waals surface area contributed by atoms with E-state index in [4.69, 9.17) is 0 Å². The minimum absolute atomic E-state index is 0.138. The Morgan fingerprint density at radius 3 is 1.98 bits per heavy atom. The number of aromatic hydroxyl groups is 1. The molecule has 4 aromatic rings. The molecule has 57 heavy (non-hydrogen) atoms.